The molecular weight excluding hydrogens is 498 g/mol. The number of pyridine rings is 1. The van der Waals surface area contributed by atoms with Crippen LogP contribution in [0.25, 0.3) is 16.6 Å². The molecule has 8 nitrogen and oxygen atoms in total. The van der Waals surface area contributed by atoms with E-state index in [4.69, 9.17) is 27.1 Å². The average Bonchev–Trinajstić information content (AvgIpc) is 3.24. The Balaban J connectivity index is 1.57. The highest BCUT2D eigenvalue weighted by atomic mass is 35.5. The fourth-order valence-corrected chi connectivity index (χ4v) is 5.39. The molecule has 2 N–H and O–H groups in total. The predicted molar refractivity (Wildman–Crippen MR) is 144 cm³/mol. The first-order chi connectivity index (χ1) is 17.2. The van der Waals surface area contributed by atoms with E-state index < -0.39 is 17.0 Å². The van der Waals surface area contributed by atoms with Crippen molar-refractivity contribution >= 4 is 51.9 Å². The van der Waals surface area contributed by atoms with Crippen molar-refractivity contribution in [2.75, 3.05) is 13.1 Å². The summed E-state index contributed by atoms with van der Waals surface area (Å²) < 4.78 is 20.7. The number of likely N-dealkylation sites (tertiary alicyclic amines) is 1. The standard InChI is InChI=1S/C26H30ClN5O3S/c1-26(2,3)35-25(33)31-13-10-19(11-14-31)30-17-18(16-28)23-15-21-22(27)9-12-29-24(21)32(23)36(34)20-7-5-4-6-8-20/h4-9,12,15-17,19H,10-11,13-14,28H2,1-3H3. The van der Waals surface area contributed by atoms with Crippen molar-refractivity contribution in [2.24, 2.45) is 10.7 Å². The predicted octanol–water partition coefficient (Wildman–Crippen LogP) is 5.03. The second-order valence-electron chi connectivity index (χ2n) is 9.51. The number of aromatic nitrogens is 2. The molecule has 190 valence electrons. The summed E-state index contributed by atoms with van der Waals surface area (Å²) in [7, 11) is 0. The van der Waals surface area contributed by atoms with Crippen LogP contribution in [0.4, 0.5) is 4.79 Å². The van der Waals surface area contributed by atoms with Gasteiger partial charge in [0, 0.05) is 42.7 Å². The van der Waals surface area contributed by atoms with E-state index in [0.717, 1.165) is 0 Å². The maximum atomic E-state index is 13.6. The van der Waals surface area contributed by atoms with Gasteiger partial charge in [-0.25, -0.2) is 9.78 Å². The molecule has 10 heteroatoms. The lowest BCUT2D eigenvalue weighted by atomic mass is 10.1. The first kappa shape index (κ1) is 26.1. The number of rotatable bonds is 5. The molecule has 0 aliphatic carbocycles. The highest BCUT2D eigenvalue weighted by Crippen LogP contribution is 2.32. The molecule has 1 aliphatic heterocycles. The van der Waals surface area contributed by atoms with Gasteiger partial charge in [-0.05, 0) is 57.9 Å². The number of piperidine rings is 1. The van der Waals surface area contributed by atoms with Gasteiger partial charge in [-0.2, -0.15) is 0 Å². The molecule has 0 spiro atoms. The quantitative estimate of drug-likeness (QED) is 0.369. The van der Waals surface area contributed by atoms with Gasteiger partial charge in [0.05, 0.1) is 11.1 Å². The van der Waals surface area contributed by atoms with Gasteiger partial charge in [-0.15, -0.1) is 3.97 Å². The highest BCUT2D eigenvalue weighted by molar-refractivity contribution is 7.90. The minimum atomic E-state index is -1.58. The Morgan fingerprint density at radius 1 is 1.25 bits per heavy atom. The van der Waals surface area contributed by atoms with Gasteiger partial charge in [0.1, 0.15) is 22.7 Å². The zero-order valence-electron chi connectivity index (χ0n) is 20.6. The van der Waals surface area contributed by atoms with Gasteiger partial charge < -0.3 is 19.9 Å². The van der Waals surface area contributed by atoms with Crippen LogP contribution in [0.2, 0.25) is 5.02 Å². The molecule has 4 rings (SSSR count). The summed E-state index contributed by atoms with van der Waals surface area (Å²) in [6.07, 6.45) is 5.85. The van der Waals surface area contributed by atoms with Crippen LogP contribution >= 0.6 is 11.6 Å². The van der Waals surface area contributed by atoms with E-state index in [1.54, 1.807) is 39.5 Å². The lowest BCUT2D eigenvalue weighted by Gasteiger charge is -2.32. The van der Waals surface area contributed by atoms with E-state index in [1.165, 1.54) is 6.20 Å². The number of allylic oxidation sites excluding steroid dienone is 1. The number of carbonyl (C=O) groups is 1. The first-order valence-electron chi connectivity index (χ1n) is 11.7. The Labute approximate surface area is 219 Å². The monoisotopic (exact) mass is 527 g/mol. The number of hydrogen-bond donors (Lipinski definition) is 1. The SMILES string of the molecule is CC(C)(C)OC(=O)N1CCC(N=CC(=CN)c2cc3c(Cl)ccnc3n2[S+]([O-])c2ccccc2)CC1. The van der Waals surface area contributed by atoms with Crippen LogP contribution in [0.15, 0.2) is 64.7 Å². The van der Waals surface area contributed by atoms with Crippen molar-refractivity contribution in [3.05, 3.63) is 65.6 Å². The third kappa shape index (κ3) is 5.86. The van der Waals surface area contributed by atoms with E-state index in [-0.39, 0.29) is 12.1 Å². The largest absolute Gasteiger partial charge is 0.587 e. The molecular formula is C26H30ClN5O3S. The number of carbonyl (C=O) groups excluding carboxylic acids is 1. The maximum absolute atomic E-state index is 13.6. The smallest absolute Gasteiger partial charge is 0.410 e. The summed E-state index contributed by atoms with van der Waals surface area (Å²) in [5.41, 5.74) is 7.20. The van der Waals surface area contributed by atoms with Crippen molar-refractivity contribution in [3.8, 4) is 0 Å². The lowest BCUT2D eigenvalue weighted by molar-refractivity contribution is 0.0207. The third-order valence-corrected chi connectivity index (χ3v) is 7.44. The maximum Gasteiger partial charge on any atom is 0.410 e. The lowest BCUT2D eigenvalue weighted by Crippen LogP contribution is -2.42. The fourth-order valence-electron chi connectivity index (χ4n) is 3.96. The molecule has 1 aromatic carbocycles. The number of ether oxygens (including phenoxy) is 1. The van der Waals surface area contributed by atoms with Crippen LogP contribution < -0.4 is 5.73 Å². The fraction of sp³-hybridized carbons (Fsp3) is 0.346. The summed E-state index contributed by atoms with van der Waals surface area (Å²) >= 11 is 4.86. The van der Waals surface area contributed by atoms with Crippen LogP contribution in [-0.2, 0) is 16.1 Å². The van der Waals surface area contributed by atoms with E-state index in [9.17, 15) is 9.35 Å². The molecule has 1 unspecified atom stereocenters. The zero-order chi connectivity index (χ0) is 25.9. The highest BCUT2D eigenvalue weighted by Gasteiger charge is 2.28. The van der Waals surface area contributed by atoms with Crippen molar-refractivity contribution < 1.29 is 14.1 Å². The topological polar surface area (TPSA) is 109 Å². The first-order valence-corrected chi connectivity index (χ1v) is 13.2. The van der Waals surface area contributed by atoms with E-state index in [0.29, 0.717) is 58.1 Å². The van der Waals surface area contributed by atoms with Crippen LogP contribution in [0.3, 0.4) is 0 Å². The molecule has 1 atom stereocenters. The van der Waals surface area contributed by atoms with Gasteiger partial charge in [0.2, 0.25) is 0 Å². The number of benzene rings is 1. The zero-order valence-corrected chi connectivity index (χ0v) is 22.1. The number of hydrogen-bond acceptors (Lipinski definition) is 6. The number of nitrogens with zero attached hydrogens (tertiary/aromatic N) is 4. The second kappa shape index (κ2) is 10.9. The molecule has 1 saturated heterocycles. The van der Waals surface area contributed by atoms with Crippen LogP contribution in [-0.4, -0.2) is 55.4 Å². The van der Waals surface area contributed by atoms with E-state index in [2.05, 4.69) is 4.98 Å². The van der Waals surface area contributed by atoms with Gasteiger partial charge >= 0.3 is 6.09 Å². The second-order valence-corrected chi connectivity index (χ2v) is 11.3. The van der Waals surface area contributed by atoms with Crippen molar-refractivity contribution in [3.63, 3.8) is 0 Å². The minimum Gasteiger partial charge on any atom is -0.587 e. The Bertz CT molecular complexity index is 1280. The average molecular weight is 528 g/mol. The van der Waals surface area contributed by atoms with Crippen LogP contribution in [0.5, 0.6) is 0 Å². The summed E-state index contributed by atoms with van der Waals surface area (Å²) in [6, 6.07) is 12.7. The van der Waals surface area contributed by atoms with Crippen molar-refractivity contribution in [1.29, 1.82) is 0 Å². The molecule has 1 amide bonds. The summed E-state index contributed by atoms with van der Waals surface area (Å²) in [5, 5.41) is 1.18. The minimum absolute atomic E-state index is 0.0257. The number of halogens is 1. The van der Waals surface area contributed by atoms with Gasteiger partial charge in [-0.1, -0.05) is 29.8 Å². The normalized spacial score (nSPS) is 16.6. The Morgan fingerprint density at radius 2 is 1.94 bits per heavy atom. The van der Waals surface area contributed by atoms with Crippen molar-refractivity contribution in [2.45, 2.75) is 50.2 Å². The molecule has 0 radical (unpaired) electrons. The number of amides is 1. The number of aliphatic imine (C=N–C) groups is 1. The molecule has 2 aromatic heterocycles. The number of fused-ring (bicyclic) bond motifs is 1. The van der Waals surface area contributed by atoms with Gasteiger partial charge in [0.25, 0.3) is 0 Å². The van der Waals surface area contributed by atoms with Gasteiger partial charge in [-0.3, -0.25) is 4.99 Å². The van der Waals surface area contributed by atoms with Crippen LogP contribution in [0, 0.1) is 0 Å². The number of nitrogens with two attached hydrogens (primary N) is 1. The van der Waals surface area contributed by atoms with E-state index >= 15 is 0 Å². The molecule has 0 bridgehead atoms. The molecule has 3 aromatic rings. The van der Waals surface area contributed by atoms with Crippen molar-refractivity contribution in [1.82, 2.24) is 13.9 Å². The molecule has 1 aliphatic rings. The van der Waals surface area contributed by atoms with Crippen LogP contribution in [0.1, 0.15) is 39.3 Å². The Kier molecular flexibility index (Phi) is 7.92. The summed E-state index contributed by atoms with van der Waals surface area (Å²) in [6.45, 7) is 6.70. The Morgan fingerprint density at radius 3 is 2.58 bits per heavy atom. The molecule has 3 heterocycles. The molecule has 36 heavy (non-hydrogen) atoms. The molecule has 0 saturated carbocycles. The van der Waals surface area contributed by atoms with E-state index in [1.807, 2.05) is 45.0 Å². The summed E-state index contributed by atoms with van der Waals surface area (Å²) in [4.78, 5) is 23.9. The molecule has 1 fully saturated rings. The third-order valence-electron chi connectivity index (χ3n) is 5.73. The Hall–Kier alpha value is -3.01. The van der Waals surface area contributed by atoms with Gasteiger partial charge in [0.15, 0.2) is 10.5 Å². The summed E-state index contributed by atoms with van der Waals surface area (Å²) in [5.74, 6) is 0.